The topological polar surface area (TPSA) is 113 Å². The number of nitrogens with two attached hydrogens (primary N) is 1. The van der Waals surface area contributed by atoms with Crippen LogP contribution in [0.3, 0.4) is 0 Å². The van der Waals surface area contributed by atoms with Crippen LogP contribution in [0.25, 0.3) is 0 Å². The summed E-state index contributed by atoms with van der Waals surface area (Å²) in [6.07, 6.45) is 2.73. The minimum absolute atomic E-state index is 0.0989. The monoisotopic (exact) mass is 296 g/mol. The summed E-state index contributed by atoms with van der Waals surface area (Å²) in [5, 5.41) is 12.7. The molecule has 0 unspecified atom stereocenters. The Hall–Kier alpha value is -1.76. The van der Waals surface area contributed by atoms with Crippen molar-refractivity contribution in [3.63, 3.8) is 0 Å². The number of aliphatic hydroxyl groups excluding tert-OH is 1. The van der Waals surface area contributed by atoms with Crippen molar-refractivity contribution in [2.75, 3.05) is 11.1 Å². The van der Waals surface area contributed by atoms with Gasteiger partial charge >= 0.3 is 5.69 Å². The number of rotatable bonds is 4. The van der Waals surface area contributed by atoms with Crippen LogP contribution in [-0.4, -0.2) is 26.8 Å². The normalized spacial score (nSPS) is 22.5. The fourth-order valence-electron chi connectivity index (χ4n) is 2.70. The molecule has 7 nitrogen and oxygen atoms in total. The number of aliphatic hydroxyl groups is 1. The summed E-state index contributed by atoms with van der Waals surface area (Å²) in [5.74, 6) is 0.428. The minimum atomic E-state index is -0.483. The lowest BCUT2D eigenvalue weighted by atomic mass is 9.93. The number of hydrogen-bond acceptors (Lipinski definition) is 5. The largest absolute Gasteiger partial charge is 0.393 e. The second-order valence-corrected chi connectivity index (χ2v) is 6.17. The SMILES string of the molecule is CC(C)Cn1c(N)c(NC2CCC(O)CC2)c(=O)[nH]c1=O. The molecule has 0 spiro atoms. The third-order valence-corrected chi connectivity index (χ3v) is 3.83. The Morgan fingerprint density at radius 1 is 1.33 bits per heavy atom. The molecule has 0 aromatic carbocycles. The standard InChI is InChI=1S/C14H24N4O3/c1-8(2)7-18-12(15)11(13(20)17-14(18)21)16-9-3-5-10(19)6-4-9/h8-10,16,19H,3-7,15H2,1-2H3,(H,17,20,21). The van der Waals surface area contributed by atoms with Crippen LogP contribution in [-0.2, 0) is 6.54 Å². The van der Waals surface area contributed by atoms with Crippen LogP contribution < -0.4 is 22.3 Å². The fraction of sp³-hybridized carbons (Fsp3) is 0.714. The second-order valence-electron chi connectivity index (χ2n) is 6.17. The Morgan fingerprint density at radius 3 is 2.52 bits per heavy atom. The first kappa shape index (κ1) is 15.6. The van der Waals surface area contributed by atoms with E-state index in [9.17, 15) is 14.7 Å². The van der Waals surface area contributed by atoms with E-state index in [2.05, 4.69) is 10.3 Å². The third kappa shape index (κ3) is 3.66. The van der Waals surface area contributed by atoms with Crippen molar-refractivity contribution in [3.05, 3.63) is 20.8 Å². The van der Waals surface area contributed by atoms with Gasteiger partial charge in [-0.05, 0) is 31.6 Å². The number of hydrogen-bond donors (Lipinski definition) is 4. The molecule has 0 atom stereocenters. The number of nitrogens with one attached hydrogen (secondary N) is 2. The molecule has 7 heteroatoms. The van der Waals surface area contributed by atoms with Crippen LogP contribution >= 0.6 is 0 Å². The van der Waals surface area contributed by atoms with E-state index in [-0.39, 0.29) is 29.6 Å². The highest BCUT2D eigenvalue weighted by Crippen LogP contribution is 2.22. The molecule has 0 aliphatic heterocycles. The summed E-state index contributed by atoms with van der Waals surface area (Å²) in [6, 6.07) is 0.0989. The molecule has 118 valence electrons. The number of H-pyrrole nitrogens is 1. The van der Waals surface area contributed by atoms with Gasteiger partial charge in [-0.2, -0.15) is 0 Å². The number of aromatic nitrogens is 2. The molecule has 1 fully saturated rings. The average molecular weight is 296 g/mol. The zero-order valence-corrected chi connectivity index (χ0v) is 12.6. The van der Waals surface area contributed by atoms with Crippen LogP contribution in [0.15, 0.2) is 9.59 Å². The van der Waals surface area contributed by atoms with E-state index in [1.807, 2.05) is 13.8 Å². The molecule has 1 aromatic heterocycles. The highest BCUT2D eigenvalue weighted by atomic mass is 16.3. The lowest BCUT2D eigenvalue weighted by Crippen LogP contribution is -2.37. The lowest BCUT2D eigenvalue weighted by molar-refractivity contribution is 0.126. The van der Waals surface area contributed by atoms with Crippen molar-refractivity contribution in [1.82, 2.24) is 9.55 Å². The number of nitrogen functional groups attached to an aromatic ring is 1. The van der Waals surface area contributed by atoms with Gasteiger partial charge in [0.25, 0.3) is 5.56 Å². The molecule has 1 aliphatic rings. The summed E-state index contributed by atoms with van der Waals surface area (Å²) in [7, 11) is 0. The van der Waals surface area contributed by atoms with E-state index >= 15 is 0 Å². The smallest absolute Gasteiger partial charge is 0.330 e. The molecule has 0 radical (unpaired) electrons. The molecule has 0 amide bonds. The third-order valence-electron chi connectivity index (χ3n) is 3.83. The molecule has 1 heterocycles. The molecule has 2 rings (SSSR count). The predicted molar refractivity (Wildman–Crippen MR) is 82.5 cm³/mol. The minimum Gasteiger partial charge on any atom is -0.393 e. The number of nitrogens with zero attached hydrogens (tertiary/aromatic N) is 1. The maximum atomic E-state index is 12.0. The van der Waals surface area contributed by atoms with Gasteiger partial charge in [-0.1, -0.05) is 13.8 Å². The van der Waals surface area contributed by atoms with Gasteiger partial charge in [0.2, 0.25) is 0 Å². The van der Waals surface area contributed by atoms with Gasteiger partial charge < -0.3 is 16.2 Å². The Morgan fingerprint density at radius 2 is 1.95 bits per heavy atom. The van der Waals surface area contributed by atoms with Gasteiger partial charge in [0.05, 0.1) is 6.10 Å². The average Bonchev–Trinajstić information content (AvgIpc) is 2.41. The van der Waals surface area contributed by atoms with Crippen LogP contribution in [0, 0.1) is 5.92 Å². The van der Waals surface area contributed by atoms with Gasteiger partial charge in [0, 0.05) is 12.6 Å². The van der Waals surface area contributed by atoms with Gasteiger partial charge in [-0.15, -0.1) is 0 Å². The summed E-state index contributed by atoms with van der Waals surface area (Å²) in [4.78, 5) is 26.1. The van der Waals surface area contributed by atoms with Crippen molar-refractivity contribution in [2.45, 2.75) is 58.2 Å². The Bertz CT molecular complexity index is 597. The van der Waals surface area contributed by atoms with Crippen molar-refractivity contribution in [3.8, 4) is 0 Å². The van der Waals surface area contributed by atoms with E-state index in [4.69, 9.17) is 5.73 Å². The Kier molecular flexibility index (Phi) is 4.72. The van der Waals surface area contributed by atoms with Crippen molar-refractivity contribution in [2.24, 2.45) is 5.92 Å². The first-order valence-electron chi connectivity index (χ1n) is 7.45. The highest BCUT2D eigenvalue weighted by molar-refractivity contribution is 5.60. The molecule has 1 saturated carbocycles. The summed E-state index contributed by atoms with van der Waals surface area (Å²) >= 11 is 0. The van der Waals surface area contributed by atoms with Crippen LogP contribution in [0.2, 0.25) is 0 Å². The molecule has 0 bridgehead atoms. The zero-order valence-electron chi connectivity index (χ0n) is 12.6. The quantitative estimate of drug-likeness (QED) is 0.646. The van der Waals surface area contributed by atoms with Crippen LogP contribution in [0.1, 0.15) is 39.5 Å². The van der Waals surface area contributed by atoms with E-state index in [1.54, 1.807) is 0 Å². The first-order valence-corrected chi connectivity index (χ1v) is 7.45. The Labute approximate surface area is 123 Å². The van der Waals surface area contributed by atoms with E-state index in [0.29, 0.717) is 19.4 Å². The fourth-order valence-corrected chi connectivity index (χ4v) is 2.70. The van der Waals surface area contributed by atoms with Crippen LogP contribution in [0.5, 0.6) is 0 Å². The van der Waals surface area contributed by atoms with Crippen LogP contribution in [0.4, 0.5) is 11.5 Å². The molecule has 0 saturated heterocycles. The summed E-state index contributed by atoms with van der Waals surface area (Å²) in [6.45, 7) is 4.42. The molecular formula is C14H24N4O3. The maximum Gasteiger partial charge on any atom is 0.330 e. The molecule has 21 heavy (non-hydrogen) atoms. The lowest BCUT2D eigenvalue weighted by Gasteiger charge is -2.27. The molecule has 1 aliphatic carbocycles. The second kappa shape index (κ2) is 6.34. The predicted octanol–water partition coefficient (Wildman–Crippen LogP) is 0.490. The summed E-state index contributed by atoms with van der Waals surface area (Å²) in [5.41, 5.74) is 5.31. The maximum absolute atomic E-state index is 12.0. The van der Waals surface area contributed by atoms with Gasteiger partial charge in [-0.25, -0.2) is 4.79 Å². The van der Waals surface area contributed by atoms with Gasteiger partial charge in [0.1, 0.15) is 11.5 Å². The van der Waals surface area contributed by atoms with Gasteiger partial charge in [-0.3, -0.25) is 14.3 Å². The molecule has 1 aromatic rings. The van der Waals surface area contributed by atoms with Crippen molar-refractivity contribution < 1.29 is 5.11 Å². The van der Waals surface area contributed by atoms with E-state index in [1.165, 1.54) is 4.57 Å². The number of aromatic amines is 1. The van der Waals surface area contributed by atoms with Crippen molar-refractivity contribution >= 4 is 11.5 Å². The van der Waals surface area contributed by atoms with E-state index < -0.39 is 11.2 Å². The zero-order chi connectivity index (χ0) is 15.6. The summed E-state index contributed by atoms with van der Waals surface area (Å²) < 4.78 is 1.39. The molecular weight excluding hydrogens is 272 g/mol. The Balaban J connectivity index is 2.26. The number of anilines is 2. The van der Waals surface area contributed by atoms with Gasteiger partial charge in [0.15, 0.2) is 0 Å². The first-order chi connectivity index (χ1) is 9.88. The van der Waals surface area contributed by atoms with E-state index in [0.717, 1.165) is 12.8 Å². The highest BCUT2D eigenvalue weighted by Gasteiger charge is 2.22. The van der Waals surface area contributed by atoms with Crippen molar-refractivity contribution in [1.29, 1.82) is 0 Å². The molecule has 5 N–H and O–H groups in total.